The summed E-state index contributed by atoms with van der Waals surface area (Å²) in [7, 11) is 0. The van der Waals surface area contributed by atoms with Crippen LogP contribution in [0.3, 0.4) is 0 Å². The first-order valence-corrected chi connectivity index (χ1v) is 8.61. The van der Waals surface area contributed by atoms with E-state index in [9.17, 15) is 9.59 Å². The van der Waals surface area contributed by atoms with Crippen LogP contribution in [0.4, 0.5) is 0 Å². The maximum absolute atomic E-state index is 12.7. The van der Waals surface area contributed by atoms with Gasteiger partial charge in [0.05, 0.1) is 11.1 Å². The summed E-state index contributed by atoms with van der Waals surface area (Å²) < 4.78 is 1.62. The third kappa shape index (κ3) is 3.29. The Kier molecular flexibility index (Phi) is 5.05. The molecule has 5 nitrogen and oxygen atoms in total. The molecule has 2 heterocycles. The zero-order valence-electron chi connectivity index (χ0n) is 12.3. The first kappa shape index (κ1) is 16.0. The molecule has 0 aromatic carbocycles. The molecule has 7 heteroatoms. The van der Waals surface area contributed by atoms with E-state index >= 15 is 0 Å². The minimum atomic E-state index is -0.907. The van der Waals surface area contributed by atoms with Crippen LogP contribution in [0.25, 0.3) is 10.2 Å². The van der Waals surface area contributed by atoms with Gasteiger partial charge in [-0.1, -0.05) is 25.1 Å². The smallest absolute Gasteiger partial charge is 0.313 e. The summed E-state index contributed by atoms with van der Waals surface area (Å²) in [5.41, 5.74) is 0.927. The number of thioether (sulfide) groups is 1. The summed E-state index contributed by atoms with van der Waals surface area (Å²) in [5, 5.41) is 10.0. The number of aliphatic carboxylic acids is 1. The lowest BCUT2D eigenvalue weighted by Gasteiger charge is -2.10. The third-order valence-corrected chi connectivity index (χ3v) is 5.38. The van der Waals surface area contributed by atoms with Crippen LogP contribution in [0.5, 0.6) is 0 Å². The first-order chi connectivity index (χ1) is 9.95. The lowest BCUT2D eigenvalue weighted by atomic mass is 10.2. The predicted molar refractivity (Wildman–Crippen MR) is 86.6 cm³/mol. The number of aryl methyl sites for hydroxylation is 2. The molecular weight excluding hydrogens is 308 g/mol. The molecule has 2 aromatic rings. The fraction of sp³-hybridized carbons (Fsp3) is 0.500. The van der Waals surface area contributed by atoms with Crippen LogP contribution >= 0.6 is 23.1 Å². The number of fused-ring (bicyclic) bond motifs is 1. The summed E-state index contributed by atoms with van der Waals surface area (Å²) in [4.78, 5) is 29.8. The molecule has 2 rings (SSSR count). The van der Waals surface area contributed by atoms with Gasteiger partial charge in [-0.3, -0.25) is 14.2 Å². The van der Waals surface area contributed by atoms with Crippen LogP contribution in [0.1, 0.15) is 30.2 Å². The second-order valence-corrected chi connectivity index (χ2v) is 7.00. The molecule has 1 N–H and O–H groups in total. The summed E-state index contributed by atoms with van der Waals surface area (Å²) in [6.07, 6.45) is 1.84. The topological polar surface area (TPSA) is 72.2 Å². The highest BCUT2D eigenvalue weighted by molar-refractivity contribution is 7.99. The average Bonchev–Trinajstić information content (AvgIpc) is 2.71. The molecule has 2 aromatic heterocycles. The van der Waals surface area contributed by atoms with Gasteiger partial charge in [-0.2, -0.15) is 0 Å². The Morgan fingerprint density at radius 2 is 2.14 bits per heavy atom. The van der Waals surface area contributed by atoms with Crippen molar-refractivity contribution in [1.82, 2.24) is 9.55 Å². The van der Waals surface area contributed by atoms with Gasteiger partial charge in [0, 0.05) is 11.4 Å². The van der Waals surface area contributed by atoms with E-state index < -0.39 is 5.97 Å². The number of thiophene rings is 1. The zero-order chi connectivity index (χ0) is 15.6. The molecule has 0 atom stereocenters. The molecule has 0 bridgehead atoms. The van der Waals surface area contributed by atoms with Gasteiger partial charge < -0.3 is 5.11 Å². The van der Waals surface area contributed by atoms with E-state index in [-0.39, 0.29) is 11.3 Å². The van der Waals surface area contributed by atoms with E-state index in [2.05, 4.69) is 11.9 Å². The number of hydrogen-bond acceptors (Lipinski definition) is 5. The minimum absolute atomic E-state index is 0.0526. The van der Waals surface area contributed by atoms with Gasteiger partial charge >= 0.3 is 5.97 Å². The van der Waals surface area contributed by atoms with E-state index in [0.717, 1.165) is 35.0 Å². The Bertz CT molecular complexity index is 734. The highest BCUT2D eigenvalue weighted by Crippen LogP contribution is 2.28. The molecule has 0 saturated heterocycles. The number of carboxylic acid groups (broad SMARTS) is 1. The second kappa shape index (κ2) is 6.62. The molecule has 114 valence electrons. The highest BCUT2D eigenvalue weighted by atomic mass is 32.2. The van der Waals surface area contributed by atoms with Gasteiger partial charge in [-0.05, 0) is 25.8 Å². The Hall–Kier alpha value is -1.34. The van der Waals surface area contributed by atoms with Crippen molar-refractivity contribution in [2.75, 3.05) is 5.75 Å². The Labute approximate surface area is 131 Å². The number of carbonyl (C=O) groups is 1. The standard InChI is InChI=1S/C14H18N2O3S2/c1-4-5-6-16-13(19)11-8(2)9(3)21-12(11)15-14(16)20-7-10(17)18/h4-7H2,1-3H3,(H,17,18). The normalized spacial score (nSPS) is 11.2. The molecule has 0 aliphatic carbocycles. The third-order valence-electron chi connectivity index (χ3n) is 3.31. The van der Waals surface area contributed by atoms with Crippen LogP contribution < -0.4 is 5.56 Å². The number of hydrogen-bond donors (Lipinski definition) is 1. The molecular formula is C14H18N2O3S2. The predicted octanol–water partition coefficient (Wildman–Crippen LogP) is 3.05. The molecule has 0 fully saturated rings. The lowest BCUT2D eigenvalue weighted by molar-refractivity contribution is -0.133. The number of nitrogens with zero attached hydrogens (tertiary/aromatic N) is 2. The van der Waals surface area contributed by atoms with E-state index in [4.69, 9.17) is 5.11 Å². The second-order valence-electron chi connectivity index (χ2n) is 4.85. The number of carboxylic acids is 1. The monoisotopic (exact) mass is 326 g/mol. The first-order valence-electron chi connectivity index (χ1n) is 6.80. The van der Waals surface area contributed by atoms with Gasteiger partial charge in [-0.25, -0.2) is 4.98 Å². The summed E-state index contributed by atoms with van der Waals surface area (Å²) >= 11 is 2.60. The zero-order valence-corrected chi connectivity index (χ0v) is 13.9. The molecule has 0 radical (unpaired) electrons. The van der Waals surface area contributed by atoms with Crippen LogP contribution in [-0.2, 0) is 11.3 Å². The molecule has 21 heavy (non-hydrogen) atoms. The molecule has 0 unspecified atom stereocenters. The average molecular weight is 326 g/mol. The van der Waals surface area contributed by atoms with Gasteiger partial charge in [0.25, 0.3) is 5.56 Å². The molecule has 0 aliphatic rings. The Balaban J connectivity index is 2.58. The fourth-order valence-corrected chi connectivity index (χ4v) is 3.87. The summed E-state index contributed by atoms with van der Waals surface area (Å²) in [5.74, 6) is -0.997. The van der Waals surface area contributed by atoms with E-state index in [1.165, 1.54) is 11.3 Å². The lowest BCUT2D eigenvalue weighted by Crippen LogP contribution is -2.23. The highest BCUT2D eigenvalue weighted by Gasteiger charge is 2.17. The summed E-state index contributed by atoms with van der Waals surface area (Å²) in [6.45, 7) is 6.54. The van der Waals surface area contributed by atoms with Crippen molar-refractivity contribution in [3.05, 3.63) is 20.8 Å². The summed E-state index contributed by atoms with van der Waals surface area (Å²) in [6, 6.07) is 0. The van der Waals surface area contributed by atoms with Crippen molar-refractivity contribution < 1.29 is 9.90 Å². The van der Waals surface area contributed by atoms with E-state index in [0.29, 0.717) is 21.9 Å². The fourth-order valence-electron chi connectivity index (χ4n) is 2.06. The largest absolute Gasteiger partial charge is 0.481 e. The van der Waals surface area contributed by atoms with Crippen molar-refractivity contribution in [2.45, 2.75) is 45.3 Å². The van der Waals surface area contributed by atoms with Crippen molar-refractivity contribution in [2.24, 2.45) is 0 Å². The number of rotatable bonds is 6. The van der Waals surface area contributed by atoms with Crippen molar-refractivity contribution >= 4 is 39.3 Å². The Morgan fingerprint density at radius 3 is 2.76 bits per heavy atom. The van der Waals surface area contributed by atoms with Crippen molar-refractivity contribution in [1.29, 1.82) is 0 Å². The number of unbranched alkanes of at least 4 members (excludes halogenated alkanes) is 1. The molecule has 0 aliphatic heterocycles. The molecule has 0 saturated carbocycles. The van der Waals surface area contributed by atoms with Gasteiger partial charge in [0.15, 0.2) is 5.16 Å². The van der Waals surface area contributed by atoms with E-state index in [1.54, 1.807) is 4.57 Å². The van der Waals surface area contributed by atoms with Crippen LogP contribution in [0, 0.1) is 13.8 Å². The van der Waals surface area contributed by atoms with Gasteiger partial charge in [0.2, 0.25) is 0 Å². The minimum Gasteiger partial charge on any atom is -0.481 e. The number of aromatic nitrogens is 2. The van der Waals surface area contributed by atoms with Crippen molar-refractivity contribution in [3.8, 4) is 0 Å². The molecule has 0 amide bonds. The van der Waals surface area contributed by atoms with Gasteiger partial charge in [-0.15, -0.1) is 11.3 Å². The van der Waals surface area contributed by atoms with Crippen LogP contribution in [-0.4, -0.2) is 26.4 Å². The molecule has 0 spiro atoms. The van der Waals surface area contributed by atoms with E-state index in [1.807, 2.05) is 13.8 Å². The SMILES string of the molecule is CCCCn1c(SCC(=O)O)nc2sc(C)c(C)c2c1=O. The van der Waals surface area contributed by atoms with Crippen LogP contribution in [0.15, 0.2) is 9.95 Å². The van der Waals surface area contributed by atoms with Gasteiger partial charge in [0.1, 0.15) is 4.83 Å². The Morgan fingerprint density at radius 1 is 1.43 bits per heavy atom. The maximum atomic E-state index is 12.7. The maximum Gasteiger partial charge on any atom is 0.313 e. The van der Waals surface area contributed by atoms with Crippen molar-refractivity contribution in [3.63, 3.8) is 0 Å². The quantitative estimate of drug-likeness (QED) is 0.652. The van der Waals surface area contributed by atoms with Crippen LogP contribution in [0.2, 0.25) is 0 Å².